The third kappa shape index (κ3) is 11.8. The summed E-state index contributed by atoms with van der Waals surface area (Å²) in [6.07, 6.45) is 10.2. The molecule has 78 heavy (non-hydrogen) atoms. The maximum Gasteiger partial charge on any atom is 0.223 e. The average Bonchev–Trinajstić information content (AvgIpc) is 3.97. The number of amides is 1. The molecule has 3 aliphatic rings. The van der Waals surface area contributed by atoms with E-state index >= 15 is 0 Å². The molecule has 5 atom stereocenters. The Labute approximate surface area is 464 Å². The number of H-pyrrole nitrogens is 2. The predicted molar refractivity (Wildman–Crippen MR) is 315 cm³/mol. The lowest BCUT2D eigenvalue weighted by atomic mass is 9.76. The first kappa shape index (κ1) is 53.2. The minimum Gasteiger partial charge on any atom is -0.494 e. The number of ketones is 1. The molecule has 4 N–H and O–H groups in total. The van der Waals surface area contributed by atoms with Gasteiger partial charge in [-0.05, 0) is 128 Å². The number of fused-ring (bicyclic) bond motifs is 3. The molecule has 3 fully saturated rings. The molecular formula is C65H74ClN9O3. The number of imidazole rings is 2. The van der Waals surface area contributed by atoms with Gasteiger partial charge in [0.2, 0.25) is 5.91 Å². The number of carbonyl (C=O) groups is 2. The number of aromatic amines is 2. The molecule has 8 aromatic rings. The molecule has 3 heterocycles. The zero-order valence-corrected chi connectivity index (χ0v) is 46.2. The number of Topliss-reactive ketones (excluding diaryl/α,β-unsaturated/α-hetero) is 1. The standard InChI is InChI=1S/C65H74ClN9O3/c1-44(61(76)43-67-32-33-68-65(49-17-8-6-9-18-49,55-21-11-12-22-56(55)66)50-27-24-45(25-28-50)53-20-10-5-4-7-15-46-40-54(46)53)74(3)62(77)23-14-38-78-52-19-13-16-47(39-52)63-69-57-30-26-48(41-59(57)71-63)64-70-58-31-29-51(42-60(58)72-64)75-36-34-73(2)35-37-75/h6,8-9,11-13,16-19,21-22,24-31,39,41-42,44,46,53-54,67-68H,4-5,7,10,14-15,20,23,32-38,40,43H2,1-3H3,(H,69,71)(H,70,72)/t44?,46-,53?,54?,65?/m0/s1. The molecule has 12 nitrogen and oxygen atoms in total. The maximum atomic E-state index is 13.6. The van der Waals surface area contributed by atoms with Gasteiger partial charge in [-0.15, -0.1) is 0 Å². The van der Waals surface area contributed by atoms with Crippen LogP contribution < -0.4 is 20.3 Å². The van der Waals surface area contributed by atoms with Crippen LogP contribution in [0.5, 0.6) is 5.75 Å². The van der Waals surface area contributed by atoms with E-state index in [1.165, 1.54) is 56.2 Å². The second-order valence-electron chi connectivity index (χ2n) is 22.1. The fourth-order valence-corrected chi connectivity index (χ4v) is 12.5. The van der Waals surface area contributed by atoms with Crippen LogP contribution in [0.2, 0.25) is 5.02 Å². The van der Waals surface area contributed by atoms with Crippen molar-refractivity contribution in [1.82, 2.24) is 40.4 Å². The lowest BCUT2D eigenvalue weighted by molar-refractivity contribution is -0.137. The highest BCUT2D eigenvalue weighted by molar-refractivity contribution is 6.31. The minimum atomic E-state index is -0.745. The molecule has 4 unspecified atom stereocenters. The number of aromatic nitrogens is 4. The van der Waals surface area contributed by atoms with Crippen molar-refractivity contribution in [2.24, 2.45) is 11.8 Å². The van der Waals surface area contributed by atoms with Gasteiger partial charge in [0.05, 0.1) is 46.8 Å². The Balaban J connectivity index is 0.664. The molecule has 6 aromatic carbocycles. The molecule has 404 valence electrons. The number of benzene rings is 6. The number of hydrogen-bond donors (Lipinski definition) is 4. The van der Waals surface area contributed by atoms with Gasteiger partial charge < -0.3 is 34.7 Å². The van der Waals surface area contributed by atoms with Crippen LogP contribution in [0.3, 0.4) is 0 Å². The zero-order valence-electron chi connectivity index (χ0n) is 45.4. The summed E-state index contributed by atoms with van der Waals surface area (Å²) in [6.45, 7) is 7.49. The monoisotopic (exact) mass is 1060 g/mol. The van der Waals surface area contributed by atoms with E-state index in [-0.39, 0.29) is 24.7 Å². The molecule has 2 aromatic heterocycles. The smallest absolute Gasteiger partial charge is 0.223 e. The molecule has 2 saturated carbocycles. The minimum absolute atomic E-state index is 0.0515. The number of likely N-dealkylation sites (N-methyl/N-ethyl adjacent to an activating group) is 2. The number of halogens is 1. The van der Waals surface area contributed by atoms with Gasteiger partial charge in [0, 0.05) is 74.6 Å². The quantitative estimate of drug-likeness (QED) is 0.0435. The van der Waals surface area contributed by atoms with Crippen molar-refractivity contribution >= 4 is 51.0 Å². The Morgan fingerprint density at radius 2 is 1.49 bits per heavy atom. The topological polar surface area (TPSA) is 135 Å². The van der Waals surface area contributed by atoms with Crippen LogP contribution in [0, 0.1) is 11.8 Å². The van der Waals surface area contributed by atoms with Crippen LogP contribution in [0.4, 0.5) is 5.69 Å². The van der Waals surface area contributed by atoms with Gasteiger partial charge in [-0.25, -0.2) is 9.97 Å². The maximum absolute atomic E-state index is 13.6. The Hall–Kier alpha value is -6.83. The summed E-state index contributed by atoms with van der Waals surface area (Å²) in [5.41, 5.74) is 10.7. The first-order valence-electron chi connectivity index (χ1n) is 28.4. The number of nitrogens with zero attached hydrogens (tertiary/aromatic N) is 5. The average molecular weight is 1060 g/mol. The summed E-state index contributed by atoms with van der Waals surface area (Å²) in [5.74, 6) is 4.40. The number of hydrogen-bond acceptors (Lipinski definition) is 9. The zero-order chi connectivity index (χ0) is 53.6. The summed E-state index contributed by atoms with van der Waals surface area (Å²) < 4.78 is 6.16. The Morgan fingerprint density at radius 3 is 2.29 bits per heavy atom. The van der Waals surface area contributed by atoms with Crippen molar-refractivity contribution in [2.45, 2.75) is 82.2 Å². The van der Waals surface area contributed by atoms with Gasteiger partial charge in [0.25, 0.3) is 0 Å². The molecule has 1 amide bonds. The lowest BCUT2D eigenvalue weighted by Crippen LogP contribution is -2.48. The first-order valence-corrected chi connectivity index (χ1v) is 28.8. The van der Waals surface area contributed by atoms with E-state index in [4.69, 9.17) is 26.3 Å². The Kier molecular flexibility index (Phi) is 16.4. The highest BCUT2D eigenvalue weighted by atomic mass is 35.5. The van der Waals surface area contributed by atoms with E-state index in [2.05, 4.69) is 122 Å². The van der Waals surface area contributed by atoms with Gasteiger partial charge >= 0.3 is 0 Å². The number of nitrogens with one attached hydrogen (secondary N) is 4. The summed E-state index contributed by atoms with van der Waals surface area (Å²) in [4.78, 5) is 50.2. The number of anilines is 1. The molecule has 11 rings (SSSR count). The van der Waals surface area contributed by atoms with Crippen LogP contribution in [-0.2, 0) is 15.1 Å². The third-order valence-electron chi connectivity index (χ3n) is 17.0. The van der Waals surface area contributed by atoms with E-state index < -0.39 is 11.6 Å². The molecule has 0 radical (unpaired) electrons. The van der Waals surface area contributed by atoms with Gasteiger partial charge in [-0.3, -0.25) is 14.9 Å². The van der Waals surface area contributed by atoms with Crippen LogP contribution in [0.25, 0.3) is 44.8 Å². The second kappa shape index (κ2) is 24.0. The summed E-state index contributed by atoms with van der Waals surface area (Å²) in [5, 5.41) is 8.01. The number of ether oxygens (including phenoxy) is 1. The van der Waals surface area contributed by atoms with Gasteiger partial charge in [-0.2, -0.15) is 0 Å². The fourth-order valence-electron chi connectivity index (χ4n) is 12.2. The van der Waals surface area contributed by atoms with Crippen molar-refractivity contribution in [3.05, 3.63) is 167 Å². The van der Waals surface area contributed by atoms with Crippen molar-refractivity contribution < 1.29 is 14.3 Å². The summed E-state index contributed by atoms with van der Waals surface area (Å²) in [7, 11) is 3.88. The van der Waals surface area contributed by atoms with Crippen LogP contribution in [0.15, 0.2) is 140 Å². The van der Waals surface area contributed by atoms with Crippen molar-refractivity contribution in [1.29, 1.82) is 0 Å². The molecule has 13 heteroatoms. The van der Waals surface area contributed by atoms with Crippen molar-refractivity contribution in [2.75, 3.05) is 71.4 Å². The van der Waals surface area contributed by atoms with Gasteiger partial charge in [0.15, 0.2) is 5.78 Å². The normalized spacial score (nSPS) is 19.1. The molecular weight excluding hydrogens is 990 g/mol. The van der Waals surface area contributed by atoms with Crippen molar-refractivity contribution in [3.63, 3.8) is 0 Å². The fraction of sp³-hybridized carbons (Fsp3) is 0.385. The number of rotatable bonds is 20. The molecule has 0 bridgehead atoms. The van der Waals surface area contributed by atoms with Crippen molar-refractivity contribution in [3.8, 4) is 28.5 Å². The van der Waals surface area contributed by atoms with Gasteiger partial charge in [-0.1, -0.05) is 129 Å². The molecule has 1 aliphatic heterocycles. The number of carbonyl (C=O) groups excluding carboxylic acids is 2. The highest BCUT2D eigenvalue weighted by Gasteiger charge is 2.43. The Bertz CT molecular complexity index is 3330. The molecule has 1 saturated heterocycles. The highest BCUT2D eigenvalue weighted by Crippen LogP contribution is 2.54. The second-order valence-corrected chi connectivity index (χ2v) is 22.5. The van der Waals surface area contributed by atoms with Gasteiger partial charge in [0.1, 0.15) is 17.4 Å². The van der Waals surface area contributed by atoms with Crippen LogP contribution in [0.1, 0.15) is 92.9 Å². The third-order valence-corrected chi connectivity index (χ3v) is 17.4. The molecule has 0 spiro atoms. The lowest BCUT2D eigenvalue weighted by Gasteiger charge is -2.38. The number of piperazine rings is 1. The van der Waals surface area contributed by atoms with Crippen LogP contribution >= 0.6 is 11.6 Å². The first-order chi connectivity index (χ1) is 38.1. The Morgan fingerprint density at radius 1 is 0.756 bits per heavy atom. The van der Waals surface area contributed by atoms with E-state index in [1.807, 2.05) is 54.6 Å². The predicted octanol–water partition coefficient (Wildman–Crippen LogP) is 12.0. The van der Waals surface area contributed by atoms with E-state index in [9.17, 15) is 9.59 Å². The SMILES string of the molecule is CC(C(=O)CNCCNC(c1ccccc1)(c1ccc(C2CCCCCC[C@H]3CC23)cc1)c1ccccc1Cl)N(C)C(=O)CCCOc1cccc(-c2nc3ccc(-c4nc5cc(N6CCN(C)CC6)ccc5[nH]4)cc3[nH]2)c1. The summed E-state index contributed by atoms with van der Waals surface area (Å²) in [6, 6.07) is 47.9. The largest absolute Gasteiger partial charge is 0.494 e. The van der Waals surface area contributed by atoms with Crippen LogP contribution in [-0.4, -0.2) is 114 Å². The summed E-state index contributed by atoms with van der Waals surface area (Å²) >= 11 is 7.11. The molecule has 2 aliphatic carbocycles. The van der Waals surface area contributed by atoms with E-state index in [0.29, 0.717) is 42.8 Å². The van der Waals surface area contributed by atoms with E-state index in [0.717, 1.165) is 99.5 Å². The van der Waals surface area contributed by atoms with E-state index in [1.54, 1.807) is 18.9 Å².